The van der Waals surface area contributed by atoms with E-state index < -0.39 is 0 Å². The van der Waals surface area contributed by atoms with Gasteiger partial charge in [0.25, 0.3) is 5.91 Å². The minimum atomic E-state index is -0.137. The van der Waals surface area contributed by atoms with E-state index in [1.54, 1.807) is 12.0 Å². The smallest absolute Gasteiger partial charge is 0.266 e. The first-order chi connectivity index (χ1) is 13.8. The molecule has 0 saturated heterocycles. The third kappa shape index (κ3) is 2.48. The van der Waals surface area contributed by atoms with E-state index in [1.807, 2.05) is 78.9 Å². The second kappa shape index (κ2) is 6.39. The molecule has 5 nitrogen and oxygen atoms in total. The number of benzene rings is 3. The van der Waals surface area contributed by atoms with Crippen molar-refractivity contribution in [3.05, 3.63) is 83.9 Å². The van der Waals surface area contributed by atoms with Gasteiger partial charge in [-0.25, -0.2) is 9.88 Å². The quantitative estimate of drug-likeness (QED) is 0.530. The lowest BCUT2D eigenvalue weighted by molar-refractivity contribution is -0.112. The first-order valence-electron chi connectivity index (χ1n) is 8.99. The second-order valence-electron chi connectivity index (χ2n) is 6.54. The summed E-state index contributed by atoms with van der Waals surface area (Å²) in [6.45, 7) is 0. The van der Waals surface area contributed by atoms with Crippen molar-refractivity contribution in [2.45, 2.75) is 0 Å². The van der Waals surface area contributed by atoms with Crippen molar-refractivity contribution in [1.82, 2.24) is 9.97 Å². The minimum Gasteiger partial charge on any atom is -0.496 e. The van der Waals surface area contributed by atoms with E-state index in [0.717, 1.165) is 27.8 Å². The number of imidazole rings is 1. The summed E-state index contributed by atoms with van der Waals surface area (Å²) >= 11 is 0. The molecule has 2 heterocycles. The summed E-state index contributed by atoms with van der Waals surface area (Å²) in [7, 11) is 1.62. The van der Waals surface area contributed by atoms with Crippen LogP contribution in [0, 0.1) is 0 Å². The molecule has 136 valence electrons. The lowest BCUT2D eigenvalue weighted by Crippen LogP contribution is -2.21. The molecule has 0 radical (unpaired) electrons. The molecule has 0 fully saturated rings. The maximum absolute atomic E-state index is 13.5. The summed E-state index contributed by atoms with van der Waals surface area (Å²) < 4.78 is 5.57. The van der Waals surface area contributed by atoms with E-state index >= 15 is 0 Å². The average Bonchev–Trinajstić information content (AvgIpc) is 3.27. The molecular formula is C23H17N3O2. The number of methoxy groups -OCH3 is 1. The van der Waals surface area contributed by atoms with Gasteiger partial charge in [-0.15, -0.1) is 0 Å². The van der Waals surface area contributed by atoms with Crippen molar-refractivity contribution in [1.29, 1.82) is 0 Å². The van der Waals surface area contributed by atoms with Gasteiger partial charge in [-0.1, -0.05) is 48.5 Å². The summed E-state index contributed by atoms with van der Waals surface area (Å²) in [4.78, 5) is 23.0. The van der Waals surface area contributed by atoms with Gasteiger partial charge in [0.15, 0.2) is 0 Å². The van der Waals surface area contributed by atoms with Gasteiger partial charge in [0, 0.05) is 0 Å². The molecule has 5 heteroatoms. The monoisotopic (exact) mass is 367 g/mol. The number of fused-ring (bicyclic) bond motifs is 2. The third-order valence-electron chi connectivity index (χ3n) is 4.87. The van der Waals surface area contributed by atoms with Crippen molar-refractivity contribution in [3.63, 3.8) is 0 Å². The van der Waals surface area contributed by atoms with E-state index in [9.17, 15) is 4.79 Å². The second-order valence-corrected chi connectivity index (χ2v) is 6.54. The molecule has 1 amide bonds. The molecule has 4 aromatic rings. The number of ether oxygens (including phenoxy) is 1. The number of nitrogens with zero attached hydrogens (tertiary/aromatic N) is 2. The summed E-state index contributed by atoms with van der Waals surface area (Å²) in [6.07, 6.45) is 1.90. The standard InChI is InChI=1S/C23H17N3O2/c1-28-20-13-7-12-19-21(20)16(14-15-8-3-2-4-9-15)22(27)26(19)23-24-17-10-5-6-11-18(17)25-23/h2-14H,1H3,(H,24,25). The molecule has 1 N–H and O–H groups in total. The predicted molar refractivity (Wildman–Crippen MR) is 111 cm³/mol. The Labute approximate surface area is 161 Å². The lowest BCUT2D eigenvalue weighted by atomic mass is 10.0. The van der Waals surface area contributed by atoms with Crippen LogP contribution in [0.1, 0.15) is 11.1 Å². The van der Waals surface area contributed by atoms with E-state index in [0.29, 0.717) is 17.3 Å². The van der Waals surface area contributed by atoms with E-state index in [2.05, 4.69) is 9.97 Å². The summed E-state index contributed by atoms with van der Waals surface area (Å²) in [5, 5.41) is 0. The number of amides is 1. The van der Waals surface area contributed by atoms with Crippen LogP contribution >= 0.6 is 0 Å². The Hall–Kier alpha value is -3.86. The van der Waals surface area contributed by atoms with Gasteiger partial charge in [0.05, 0.1) is 35.0 Å². The Morgan fingerprint density at radius 1 is 0.964 bits per heavy atom. The fourth-order valence-corrected chi connectivity index (χ4v) is 3.59. The topological polar surface area (TPSA) is 58.2 Å². The first kappa shape index (κ1) is 16.3. The zero-order valence-electron chi connectivity index (χ0n) is 15.2. The Balaban J connectivity index is 1.72. The molecule has 1 aromatic heterocycles. The van der Waals surface area contributed by atoms with Crippen LogP contribution in [0.4, 0.5) is 11.6 Å². The summed E-state index contributed by atoms with van der Waals surface area (Å²) in [6, 6.07) is 23.2. The Bertz CT molecular complexity index is 1190. The van der Waals surface area contributed by atoms with E-state index in [1.165, 1.54) is 0 Å². The largest absolute Gasteiger partial charge is 0.496 e. The van der Waals surface area contributed by atoms with Crippen molar-refractivity contribution >= 4 is 40.2 Å². The number of anilines is 2. The van der Waals surface area contributed by atoms with Gasteiger partial charge in [-0.3, -0.25) is 4.79 Å². The van der Waals surface area contributed by atoms with Crippen LogP contribution in [-0.4, -0.2) is 23.0 Å². The molecule has 0 bridgehead atoms. The molecule has 0 aliphatic carbocycles. The van der Waals surface area contributed by atoms with Crippen molar-refractivity contribution < 1.29 is 9.53 Å². The third-order valence-corrected chi connectivity index (χ3v) is 4.87. The van der Waals surface area contributed by atoms with E-state index in [4.69, 9.17) is 4.74 Å². The molecule has 0 spiro atoms. The fourth-order valence-electron chi connectivity index (χ4n) is 3.59. The maximum Gasteiger partial charge on any atom is 0.266 e. The van der Waals surface area contributed by atoms with Crippen LogP contribution in [0.2, 0.25) is 0 Å². The highest BCUT2D eigenvalue weighted by atomic mass is 16.5. The minimum absolute atomic E-state index is 0.137. The number of H-pyrrole nitrogens is 1. The average molecular weight is 367 g/mol. The van der Waals surface area contributed by atoms with Crippen molar-refractivity contribution in [3.8, 4) is 5.75 Å². The zero-order chi connectivity index (χ0) is 19.1. The van der Waals surface area contributed by atoms with Crippen LogP contribution in [0.25, 0.3) is 22.7 Å². The van der Waals surface area contributed by atoms with Gasteiger partial charge < -0.3 is 9.72 Å². The highest BCUT2D eigenvalue weighted by Crippen LogP contribution is 2.46. The summed E-state index contributed by atoms with van der Waals surface area (Å²) in [5.74, 6) is 1.02. The number of hydrogen-bond donors (Lipinski definition) is 1. The van der Waals surface area contributed by atoms with Gasteiger partial charge in [0.2, 0.25) is 5.95 Å². The fraction of sp³-hybridized carbons (Fsp3) is 0.0435. The Kier molecular flexibility index (Phi) is 3.72. The molecule has 1 aliphatic heterocycles. The number of para-hydroxylation sites is 2. The first-order valence-corrected chi connectivity index (χ1v) is 8.99. The van der Waals surface area contributed by atoms with Crippen LogP contribution < -0.4 is 9.64 Å². The molecule has 0 atom stereocenters. The highest BCUT2D eigenvalue weighted by molar-refractivity contribution is 6.38. The maximum atomic E-state index is 13.5. The lowest BCUT2D eigenvalue weighted by Gasteiger charge is -2.13. The van der Waals surface area contributed by atoms with Crippen LogP contribution in [0.5, 0.6) is 5.75 Å². The molecular weight excluding hydrogens is 350 g/mol. The number of hydrogen-bond acceptors (Lipinski definition) is 3. The SMILES string of the molecule is COc1cccc2c1C(=Cc1ccccc1)C(=O)N2c1nc2ccccc2[nH]1. The molecule has 3 aromatic carbocycles. The molecule has 5 rings (SSSR count). The van der Waals surface area contributed by atoms with E-state index in [-0.39, 0.29) is 5.91 Å². The number of carbonyl (C=O) groups is 1. The van der Waals surface area contributed by atoms with Gasteiger partial charge in [-0.2, -0.15) is 0 Å². The molecule has 0 unspecified atom stereocenters. The molecule has 1 aliphatic rings. The Morgan fingerprint density at radius 2 is 1.75 bits per heavy atom. The summed E-state index contributed by atoms with van der Waals surface area (Å²) in [5.41, 5.74) is 4.77. The number of rotatable bonds is 3. The van der Waals surface area contributed by atoms with Gasteiger partial charge >= 0.3 is 0 Å². The van der Waals surface area contributed by atoms with Crippen LogP contribution in [0.15, 0.2) is 72.8 Å². The Morgan fingerprint density at radius 3 is 2.54 bits per heavy atom. The van der Waals surface area contributed by atoms with Gasteiger partial charge in [0.1, 0.15) is 5.75 Å². The number of aromatic nitrogens is 2. The van der Waals surface area contributed by atoms with Crippen molar-refractivity contribution in [2.75, 3.05) is 12.0 Å². The number of nitrogens with one attached hydrogen (secondary N) is 1. The van der Waals surface area contributed by atoms with Gasteiger partial charge in [-0.05, 0) is 35.9 Å². The zero-order valence-corrected chi connectivity index (χ0v) is 15.2. The number of carbonyl (C=O) groups excluding carboxylic acids is 1. The van der Waals surface area contributed by atoms with Crippen molar-refractivity contribution in [2.24, 2.45) is 0 Å². The van der Waals surface area contributed by atoms with Crippen LogP contribution in [-0.2, 0) is 4.79 Å². The normalized spacial score (nSPS) is 14.7. The predicted octanol–water partition coefficient (Wildman–Crippen LogP) is 4.79. The molecule has 28 heavy (non-hydrogen) atoms. The molecule has 0 saturated carbocycles. The number of aromatic amines is 1. The van der Waals surface area contributed by atoms with Crippen LogP contribution in [0.3, 0.4) is 0 Å². The highest BCUT2D eigenvalue weighted by Gasteiger charge is 2.37.